The zero-order valence-corrected chi connectivity index (χ0v) is 12.4. The fourth-order valence-corrected chi connectivity index (χ4v) is 2.17. The molecule has 0 spiro atoms. The van der Waals surface area contributed by atoms with E-state index in [4.69, 9.17) is 11.6 Å². The van der Waals surface area contributed by atoms with Crippen LogP contribution in [0.5, 0.6) is 0 Å². The predicted octanol–water partition coefficient (Wildman–Crippen LogP) is 3.96. The molecule has 0 heterocycles. The Hall–Kier alpha value is -1.02. The molecule has 100 valence electrons. The van der Waals surface area contributed by atoms with Crippen LogP contribution in [0.1, 0.15) is 50.1 Å². The first-order valence-corrected chi connectivity index (χ1v) is 6.97. The van der Waals surface area contributed by atoms with Crippen molar-refractivity contribution < 1.29 is 4.79 Å². The number of likely N-dealkylation sites (N-methyl/N-ethyl adjacent to an activating group) is 1. The minimum atomic E-state index is -0.578. The third-order valence-corrected chi connectivity index (χ3v) is 3.63. The first-order chi connectivity index (χ1) is 8.51. The number of hydrogen-bond acceptors (Lipinski definition) is 1. The van der Waals surface area contributed by atoms with Gasteiger partial charge in [0.05, 0.1) is 0 Å². The van der Waals surface area contributed by atoms with Crippen molar-refractivity contribution in [2.45, 2.75) is 39.0 Å². The highest BCUT2D eigenvalue weighted by atomic mass is 35.5. The molecule has 0 saturated heterocycles. The zero-order valence-electron chi connectivity index (χ0n) is 11.6. The van der Waals surface area contributed by atoms with Gasteiger partial charge in [0.15, 0.2) is 0 Å². The van der Waals surface area contributed by atoms with Crippen LogP contribution in [0.3, 0.4) is 0 Å². The Kier molecular flexibility index (Phi) is 5.67. The average Bonchev–Trinajstić information content (AvgIpc) is 2.39. The molecule has 3 heteroatoms. The van der Waals surface area contributed by atoms with E-state index in [1.54, 1.807) is 4.90 Å². The molecule has 0 bridgehead atoms. The molecule has 1 atom stereocenters. The normalized spacial score (nSPS) is 12.6. The summed E-state index contributed by atoms with van der Waals surface area (Å²) in [5.41, 5.74) is 2.14. The van der Waals surface area contributed by atoms with Gasteiger partial charge in [-0.2, -0.15) is 0 Å². The molecule has 1 rings (SSSR count). The van der Waals surface area contributed by atoms with Crippen LogP contribution in [0.15, 0.2) is 24.3 Å². The van der Waals surface area contributed by atoms with Gasteiger partial charge in [0.1, 0.15) is 5.38 Å². The lowest BCUT2D eigenvalue weighted by Crippen LogP contribution is -2.33. The van der Waals surface area contributed by atoms with E-state index in [-0.39, 0.29) is 5.91 Å². The quantitative estimate of drug-likeness (QED) is 0.740. The Morgan fingerprint density at radius 3 is 1.94 bits per heavy atom. The molecule has 1 unspecified atom stereocenters. The van der Waals surface area contributed by atoms with Crippen LogP contribution in [0.4, 0.5) is 0 Å². The molecule has 0 aromatic heterocycles. The van der Waals surface area contributed by atoms with Gasteiger partial charge >= 0.3 is 0 Å². The Morgan fingerprint density at radius 2 is 1.56 bits per heavy atom. The van der Waals surface area contributed by atoms with Gasteiger partial charge in [-0.05, 0) is 30.9 Å². The van der Waals surface area contributed by atoms with Crippen molar-refractivity contribution in [2.24, 2.45) is 0 Å². The van der Waals surface area contributed by atoms with Crippen LogP contribution in [0.2, 0.25) is 0 Å². The van der Waals surface area contributed by atoms with Crippen LogP contribution >= 0.6 is 11.6 Å². The maximum absolute atomic E-state index is 12.1. The molecule has 0 radical (unpaired) electrons. The average molecular weight is 268 g/mol. The number of carbonyl (C=O) groups excluding carboxylic acids is 1. The third-order valence-electron chi connectivity index (χ3n) is 3.19. The van der Waals surface area contributed by atoms with Gasteiger partial charge in [-0.15, -0.1) is 11.6 Å². The van der Waals surface area contributed by atoms with Crippen LogP contribution in [-0.4, -0.2) is 23.9 Å². The number of nitrogens with zero attached hydrogens (tertiary/aromatic N) is 1. The maximum atomic E-state index is 12.1. The maximum Gasteiger partial charge on any atom is 0.245 e. The molecule has 0 saturated carbocycles. The van der Waals surface area contributed by atoms with E-state index in [0.717, 1.165) is 5.56 Å². The minimum absolute atomic E-state index is 0.0148. The Labute approximate surface area is 115 Å². The summed E-state index contributed by atoms with van der Waals surface area (Å²) in [6.07, 6.45) is 0. The Bertz CT molecular complexity index is 382. The van der Waals surface area contributed by atoms with E-state index < -0.39 is 5.38 Å². The highest BCUT2D eigenvalue weighted by Gasteiger charge is 2.21. The van der Waals surface area contributed by atoms with Crippen LogP contribution in [0.25, 0.3) is 0 Å². The summed E-state index contributed by atoms with van der Waals surface area (Å²) in [4.78, 5) is 13.9. The molecule has 2 nitrogen and oxygen atoms in total. The van der Waals surface area contributed by atoms with E-state index in [9.17, 15) is 4.79 Å². The number of alkyl halides is 1. The molecular weight excluding hydrogens is 246 g/mol. The molecule has 18 heavy (non-hydrogen) atoms. The Morgan fingerprint density at radius 1 is 1.11 bits per heavy atom. The lowest BCUT2D eigenvalue weighted by atomic mass is 10.0. The lowest BCUT2D eigenvalue weighted by molar-refractivity contribution is -0.130. The predicted molar refractivity (Wildman–Crippen MR) is 77.1 cm³/mol. The highest BCUT2D eigenvalue weighted by molar-refractivity contribution is 6.30. The van der Waals surface area contributed by atoms with E-state index in [1.807, 2.05) is 38.1 Å². The first-order valence-electron chi connectivity index (χ1n) is 6.53. The summed E-state index contributed by atoms with van der Waals surface area (Å²) in [6, 6.07) is 8.00. The number of amides is 1. The van der Waals surface area contributed by atoms with Gasteiger partial charge in [-0.25, -0.2) is 0 Å². The van der Waals surface area contributed by atoms with Crippen molar-refractivity contribution in [3.63, 3.8) is 0 Å². The number of carbonyl (C=O) groups is 1. The number of hydrogen-bond donors (Lipinski definition) is 0. The molecule has 1 amide bonds. The van der Waals surface area contributed by atoms with Gasteiger partial charge in [0.25, 0.3) is 0 Å². The summed E-state index contributed by atoms with van der Waals surface area (Å²) in [6.45, 7) is 9.62. The van der Waals surface area contributed by atoms with Gasteiger partial charge in [-0.1, -0.05) is 38.1 Å². The van der Waals surface area contributed by atoms with Crippen LogP contribution < -0.4 is 0 Å². The summed E-state index contributed by atoms with van der Waals surface area (Å²) in [7, 11) is 0. The molecular formula is C15H22ClNO. The van der Waals surface area contributed by atoms with Gasteiger partial charge < -0.3 is 4.90 Å². The summed E-state index contributed by atoms with van der Waals surface area (Å²) < 4.78 is 0. The smallest absolute Gasteiger partial charge is 0.245 e. The molecule has 0 fully saturated rings. The van der Waals surface area contributed by atoms with Crippen molar-refractivity contribution in [2.75, 3.05) is 13.1 Å². The van der Waals surface area contributed by atoms with E-state index >= 15 is 0 Å². The summed E-state index contributed by atoms with van der Waals surface area (Å²) in [5.74, 6) is 0.477. The largest absolute Gasteiger partial charge is 0.342 e. The van der Waals surface area contributed by atoms with Crippen LogP contribution in [0, 0.1) is 0 Å². The number of benzene rings is 1. The molecule has 1 aromatic rings. The Balaban J connectivity index is 2.83. The fourth-order valence-electron chi connectivity index (χ4n) is 1.89. The number of rotatable bonds is 5. The van der Waals surface area contributed by atoms with Gasteiger partial charge in [0, 0.05) is 13.1 Å². The first kappa shape index (κ1) is 15.0. The van der Waals surface area contributed by atoms with E-state index in [0.29, 0.717) is 19.0 Å². The highest BCUT2D eigenvalue weighted by Crippen LogP contribution is 2.25. The minimum Gasteiger partial charge on any atom is -0.342 e. The van der Waals surface area contributed by atoms with Crippen molar-refractivity contribution in [1.82, 2.24) is 4.90 Å². The SMILES string of the molecule is CCN(CC)C(=O)C(Cl)c1ccc(C(C)C)cc1. The van der Waals surface area contributed by atoms with Crippen LogP contribution in [-0.2, 0) is 4.79 Å². The summed E-state index contributed by atoms with van der Waals surface area (Å²) >= 11 is 6.25. The van der Waals surface area contributed by atoms with E-state index in [2.05, 4.69) is 13.8 Å². The second kappa shape index (κ2) is 6.79. The lowest BCUT2D eigenvalue weighted by Gasteiger charge is -2.22. The van der Waals surface area contributed by atoms with Crippen molar-refractivity contribution in [3.05, 3.63) is 35.4 Å². The molecule has 0 aliphatic heterocycles. The second-order valence-corrected chi connectivity index (χ2v) is 5.13. The molecule has 0 aliphatic rings. The monoisotopic (exact) mass is 267 g/mol. The third kappa shape index (κ3) is 3.49. The number of halogens is 1. The zero-order chi connectivity index (χ0) is 13.7. The fraction of sp³-hybridized carbons (Fsp3) is 0.533. The van der Waals surface area contributed by atoms with Crippen molar-refractivity contribution in [3.8, 4) is 0 Å². The molecule has 0 N–H and O–H groups in total. The van der Waals surface area contributed by atoms with Crippen molar-refractivity contribution in [1.29, 1.82) is 0 Å². The molecule has 0 aliphatic carbocycles. The van der Waals surface area contributed by atoms with Crippen molar-refractivity contribution >= 4 is 17.5 Å². The molecule has 1 aromatic carbocycles. The van der Waals surface area contributed by atoms with Gasteiger partial charge in [-0.3, -0.25) is 4.79 Å². The van der Waals surface area contributed by atoms with E-state index in [1.165, 1.54) is 5.56 Å². The topological polar surface area (TPSA) is 20.3 Å². The second-order valence-electron chi connectivity index (χ2n) is 4.69. The summed E-state index contributed by atoms with van der Waals surface area (Å²) in [5, 5.41) is -0.578. The van der Waals surface area contributed by atoms with Gasteiger partial charge in [0.2, 0.25) is 5.91 Å². The standard InChI is InChI=1S/C15H22ClNO/c1-5-17(6-2)15(18)14(16)13-9-7-12(8-10-13)11(3)4/h7-11,14H,5-6H2,1-4H3.